The fourth-order valence-corrected chi connectivity index (χ4v) is 6.66. The van der Waals surface area contributed by atoms with E-state index >= 15 is 0 Å². The molecule has 1 saturated heterocycles. The highest BCUT2D eigenvalue weighted by atomic mass is 16.3. The van der Waals surface area contributed by atoms with Crippen molar-refractivity contribution in [2.45, 2.75) is 63.6 Å². The lowest BCUT2D eigenvalue weighted by Crippen LogP contribution is -2.53. The highest BCUT2D eigenvalue weighted by Gasteiger charge is 2.43. The zero-order valence-electron chi connectivity index (χ0n) is 22.6. The number of amides is 1. The van der Waals surface area contributed by atoms with E-state index in [9.17, 15) is 9.90 Å². The van der Waals surface area contributed by atoms with Crippen LogP contribution < -0.4 is 10.2 Å². The van der Waals surface area contributed by atoms with Crippen molar-refractivity contribution in [3.63, 3.8) is 0 Å². The van der Waals surface area contributed by atoms with E-state index in [0.717, 1.165) is 55.7 Å². The molecule has 2 fully saturated rings. The number of piperazine rings is 1. The summed E-state index contributed by atoms with van der Waals surface area (Å²) in [5.74, 6) is 1.21. The van der Waals surface area contributed by atoms with Crippen LogP contribution in [0.3, 0.4) is 0 Å². The lowest BCUT2D eigenvalue weighted by molar-refractivity contribution is 0.0543. The minimum Gasteiger partial charge on any atom is -0.392 e. The maximum Gasteiger partial charge on any atom is 0.270 e. The SMILES string of the molecule is C[C@H](O)CN1CCN(c2ccc(Nc3ncc4cc5n(c4n3)C3(CCCCC3)CN(C)C5=O)nc2)C[C@@H]1C. The van der Waals surface area contributed by atoms with Crippen molar-refractivity contribution in [2.24, 2.45) is 0 Å². The zero-order chi connectivity index (χ0) is 26.4. The van der Waals surface area contributed by atoms with Gasteiger partial charge in [0.25, 0.3) is 5.91 Å². The van der Waals surface area contributed by atoms with Gasteiger partial charge in [0.1, 0.15) is 17.2 Å². The number of nitrogens with zero attached hydrogens (tertiary/aromatic N) is 7. The molecule has 1 amide bonds. The Morgan fingerprint density at radius 1 is 1.16 bits per heavy atom. The molecular weight excluding hydrogens is 480 g/mol. The summed E-state index contributed by atoms with van der Waals surface area (Å²) in [6, 6.07) is 6.35. The Kier molecular flexibility index (Phi) is 6.47. The van der Waals surface area contributed by atoms with Gasteiger partial charge < -0.3 is 24.8 Å². The fraction of sp³-hybridized carbons (Fsp3) is 0.571. The zero-order valence-corrected chi connectivity index (χ0v) is 22.6. The number of nitrogens with one attached hydrogen (secondary N) is 1. The van der Waals surface area contributed by atoms with Gasteiger partial charge in [-0.1, -0.05) is 19.3 Å². The number of carbonyl (C=O) groups is 1. The summed E-state index contributed by atoms with van der Waals surface area (Å²) in [6.45, 7) is 8.20. The number of aliphatic hydroxyl groups excluding tert-OH is 1. The predicted molar refractivity (Wildman–Crippen MR) is 148 cm³/mol. The molecule has 3 aliphatic rings. The number of fused-ring (bicyclic) bond motifs is 4. The topological polar surface area (TPSA) is 103 Å². The molecule has 2 aliphatic heterocycles. The molecule has 0 radical (unpaired) electrons. The number of aromatic nitrogens is 4. The van der Waals surface area contributed by atoms with Gasteiger partial charge >= 0.3 is 0 Å². The molecule has 1 spiro atoms. The van der Waals surface area contributed by atoms with Gasteiger partial charge in [0, 0.05) is 57.4 Å². The van der Waals surface area contributed by atoms with Crippen LogP contribution in [0.15, 0.2) is 30.6 Å². The lowest BCUT2D eigenvalue weighted by atomic mass is 9.79. The first-order valence-electron chi connectivity index (χ1n) is 13.9. The van der Waals surface area contributed by atoms with Crippen LogP contribution in [-0.2, 0) is 5.54 Å². The number of carbonyl (C=O) groups excluding carboxylic acids is 1. The van der Waals surface area contributed by atoms with E-state index in [2.05, 4.69) is 42.6 Å². The third-order valence-corrected chi connectivity index (χ3v) is 8.51. The standard InChI is InChI=1S/C28H38N8O2/c1-19-16-35(12-11-34(19)17-20(2)37)22-7-8-24(29-15-22)31-27-30-14-21-13-23-26(38)33(3)18-28(9-5-4-6-10-28)36(23)25(21)32-27/h7-8,13-15,19-20,37H,4-6,9-12,16-18H2,1-3H3,(H,29,30,31,32)/t19-,20-/m0/s1. The Hall–Kier alpha value is -3.24. The van der Waals surface area contributed by atoms with Gasteiger partial charge in [-0.05, 0) is 44.9 Å². The average molecular weight is 519 g/mol. The molecule has 10 nitrogen and oxygen atoms in total. The van der Waals surface area contributed by atoms with Gasteiger partial charge in [-0.15, -0.1) is 0 Å². The lowest BCUT2D eigenvalue weighted by Gasteiger charge is -2.45. The van der Waals surface area contributed by atoms with Gasteiger partial charge in [0.15, 0.2) is 0 Å². The number of aliphatic hydroxyl groups is 1. The van der Waals surface area contributed by atoms with E-state index in [0.29, 0.717) is 30.0 Å². The summed E-state index contributed by atoms with van der Waals surface area (Å²) in [5.41, 5.74) is 2.52. The van der Waals surface area contributed by atoms with Gasteiger partial charge in [0.05, 0.1) is 23.5 Å². The molecule has 0 unspecified atom stereocenters. The van der Waals surface area contributed by atoms with E-state index in [1.54, 1.807) is 0 Å². The minimum atomic E-state index is -0.315. The van der Waals surface area contributed by atoms with Crippen molar-refractivity contribution in [1.82, 2.24) is 29.3 Å². The number of likely N-dealkylation sites (N-methyl/N-ethyl adjacent to an activating group) is 1. The number of pyridine rings is 1. The number of anilines is 3. The minimum absolute atomic E-state index is 0.0481. The first-order valence-corrected chi connectivity index (χ1v) is 13.9. The number of hydrogen-bond donors (Lipinski definition) is 2. The van der Waals surface area contributed by atoms with Crippen molar-refractivity contribution >= 4 is 34.4 Å². The molecule has 6 rings (SSSR count). The second-order valence-corrected chi connectivity index (χ2v) is 11.4. The summed E-state index contributed by atoms with van der Waals surface area (Å²) >= 11 is 0. The average Bonchev–Trinajstić information content (AvgIpc) is 3.29. The fourth-order valence-electron chi connectivity index (χ4n) is 6.66. The molecule has 5 heterocycles. The van der Waals surface area contributed by atoms with E-state index in [-0.39, 0.29) is 17.6 Å². The normalized spacial score (nSPS) is 22.6. The second-order valence-electron chi connectivity index (χ2n) is 11.4. The molecule has 202 valence electrons. The Morgan fingerprint density at radius 3 is 2.68 bits per heavy atom. The molecule has 0 aromatic carbocycles. The van der Waals surface area contributed by atoms with Crippen LogP contribution in [0.25, 0.3) is 11.0 Å². The van der Waals surface area contributed by atoms with Gasteiger partial charge in [-0.3, -0.25) is 9.69 Å². The summed E-state index contributed by atoms with van der Waals surface area (Å²) in [6.07, 6.45) is 9.08. The van der Waals surface area contributed by atoms with Gasteiger partial charge in [-0.25, -0.2) is 9.97 Å². The largest absolute Gasteiger partial charge is 0.392 e. The van der Waals surface area contributed by atoms with Crippen LogP contribution in [0, 0.1) is 0 Å². The van der Waals surface area contributed by atoms with Crippen molar-refractivity contribution in [2.75, 3.05) is 50.0 Å². The highest BCUT2D eigenvalue weighted by Crippen LogP contribution is 2.42. The number of rotatable bonds is 5. The van der Waals surface area contributed by atoms with Gasteiger partial charge in [-0.2, -0.15) is 4.98 Å². The molecule has 1 saturated carbocycles. The maximum absolute atomic E-state index is 13.0. The van der Waals surface area contributed by atoms with Crippen molar-refractivity contribution in [3.05, 3.63) is 36.3 Å². The van der Waals surface area contributed by atoms with Crippen LogP contribution in [0.2, 0.25) is 0 Å². The quantitative estimate of drug-likeness (QED) is 0.531. The van der Waals surface area contributed by atoms with Crippen LogP contribution in [0.4, 0.5) is 17.5 Å². The van der Waals surface area contributed by atoms with E-state index in [1.807, 2.05) is 43.4 Å². The first-order chi connectivity index (χ1) is 18.3. The van der Waals surface area contributed by atoms with Crippen molar-refractivity contribution in [1.29, 1.82) is 0 Å². The predicted octanol–water partition coefficient (Wildman–Crippen LogP) is 3.21. The van der Waals surface area contributed by atoms with Crippen LogP contribution in [-0.4, -0.2) is 92.2 Å². The monoisotopic (exact) mass is 518 g/mol. The number of hydrogen-bond acceptors (Lipinski definition) is 8. The summed E-state index contributed by atoms with van der Waals surface area (Å²) in [5, 5.41) is 13.9. The van der Waals surface area contributed by atoms with Crippen LogP contribution in [0.5, 0.6) is 0 Å². The maximum atomic E-state index is 13.0. The van der Waals surface area contributed by atoms with Gasteiger partial charge in [0.2, 0.25) is 5.95 Å². The van der Waals surface area contributed by atoms with Crippen LogP contribution in [0.1, 0.15) is 56.4 Å². The molecule has 2 N–H and O–H groups in total. The smallest absolute Gasteiger partial charge is 0.270 e. The molecular formula is C28H38N8O2. The molecule has 3 aromatic rings. The third-order valence-electron chi connectivity index (χ3n) is 8.51. The molecule has 38 heavy (non-hydrogen) atoms. The molecule has 10 heteroatoms. The highest BCUT2D eigenvalue weighted by molar-refractivity contribution is 5.99. The molecule has 0 bridgehead atoms. The van der Waals surface area contributed by atoms with Crippen molar-refractivity contribution < 1.29 is 9.90 Å². The third kappa shape index (κ3) is 4.49. The summed E-state index contributed by atoms with van der Waals surface area (Å²) in [7, 11) is 1.91. The number of β-amino-alcohol motifs (C(OH)–C–C–N with tert-alkyl or cyclic N) is 1. The van der Waals surface area contributed by atoms with Crippen molar-refractivity contribution in [3.8, 4) is 0 Å². The van der Waals surface area contributed by atoms with E-state index < -0.39 is 0 Å². The Bertz CT molecular complexity index is 1310. The summed E-state index contributed by atoms with van der Waals surface area (Å²) < 4.78 is 2.21. The Labute approximate surface area is 223 Å². The van der Waals surface area contributed by atoms with E-state index in [4.69, 9.17) is 4.98 Å². The molecule has 3 aromatic heterocycles. The molecule has 1 aliphatic carbocycles. The second kappa shape index (κ2) is 9.81. The molecule has 2 atom stereocenters. The summed E-state index contributed by atoms with van der Waals surface area (Å²) in [4.78, 5) is 33.7. The Balaban J connectivity index is 1.22. The Morgan fingerprint density at radius 2 is 1.97 bits per heavy atom. The van der Waals surface area contributed by atoms with E-state index in [1.165, 1.54) is 19.3 Å². The van der Waals surface area contributed by atoms with Crippen LogP contribution >= 0.6 is 0 Å². The first kappa shape index (κ1) is 25.1.